The summed E-state index contributed by atoms with van der Waals surface area (Å²) in [5.74, 6) is -0.658. The topological polar surface area (TPSA) is 167 Å². The maximum atomic E-state index is 11.0. The summed E-state index contributed by atoms with van der Waals surface area (Å²) < 4.78 is 61.7. The van der Waals surface area contributed by atoms with Crippen LogP contribution in [0, 0.1) is 0 Å². The lowest BCUT2D eigenvalue weighted by molar-refractivity contribution is 0.444. The first-order valence-electron chi connectivity index (χ1n) is 31.6. The molecule has 3 N–H and O–H groups in total. The van der Waals surface area contributed by atoms with E-state index in [0.717, 1.165) is 101 Å². The standard InChI is InChI=1S/2C33H39N3.C10H8O7S2/c2*1-6-34-32-24-23-31(29-13-11-12-14-30(29)32)33(25-15-19-27(20-16-25)35(7-2)8-3)26-17-21-28(22-18-26)36(9-4)10-5;11-9-4-6-1-2-8(18(12,13)14)3-7(6)5-10(9)19(15,16)17/h2*11-24H,6-10H2,1-5H3;1-5,11H,(H,12,13,14)(H,15,16,17). The SMILES string of the molecule is CCN=C1C=CC(=C(c2ccc(N(CC)CC)cc2)c2ccc(N(CC)CC)cc2)c2ccccc21.CCN=C1C=CC(=C(c2ccc(N(CC)CC)cc2)c2ccc(N(CC)CC)cc2)c2ccccc21.O=S(=O)(O)c1ccc2cc(O)c(S(=O)(=O)O)cc2c1. The molecule has 0 bridgehead atoms. The Morgan fingerprint density at radius 3 is 0.967 bits per heavy atom. The molecule has 474 valence electrons. The second-order valence-electron chi connectivity index (χ2n) is 21.7. The summed E-state index contributed by atoms with van der Waals surface area (Å²) >= 11 is 0. The molecule has 15 heteroatoms. The quantitative estimate of drug-likeness (QED) is 0.0622. The van der Waals surface area contributed by atoms with Crippen LogP contribution in [0.4, 0.5) is 22.7 Å². The molecular weight excluding hydrogens is 1170 g/mol. The molecule has 0 spiro atoms. The number of benzene rings is 8. The van der Waals surface area contributed by atoms with Crippen molar-refractivity contribution in [2.24, 2.45) is 9.98 Å². The Hall–Kier alpha value is -8.86. The molecule has 8 aromatic rings. The molecule has 0 heterocycles. The van der Waals surface area contributed by atoms with E-state index in [4.69, 9.17) is 19.1 Å². The van der Waals surface area contributed by atoms with Crippen LogP contribution in [-0.2, 0) is 20.2 Å². The lowest BCUT2D eigenvalue weighted by Gasteiger charge is -2.24. The molecule has 0 aromatic heterocycles. The predicted octanol–water partition coefficient (Wildman–Crippen LogP) is 16.5. The number of fused-ring (bicyclic) bond motifs is 3. The van der Waals surface area contributed by atoms with E-state index >= 15 is 0 Å². The first-order valence-corrected chi connectivity index (χ1v) is 34.5. The van der Waals surface area contributed by atoms with Gasteiger partial charge in [-0.3, -0.25) is 19.1 Å². The van der Waals surface area contributed by atoms with E-state index in [-0.39, 0.29) is 5.39 Å². The van der Waals surface area contributed by atoms with Crippen molar-refractivity contribution < 1.29 is 31.0 Å². The number of aromatic hydroxyl groups is 1. The van der Waals surface area contributed by atoms with E-state index < -0.39 is 35.8 Å². The highest BCUT2D eigenvalue weighted by Crippen LogP contribution is 2.41. The lowest BCUT2D eigenvalue weighted by Crippen LogP contribution is -2.21. The largest absolute Gasteiger partial charge is 0.506 e. The van der Waals surface area contributed by atoms with Gasteiger partial charge >= 0.3 is 0 Å². The molecule has 0 saturated carbocycles. The second kappa shape index (κ2) is 31.2. The summed E-state index contributed by atoms with van der Waals surface area (Å²) in [5, 5.41) is 9.94. The monoisotopic (exact) mass is 1260 g/mol. The molecule has 0 fully saturated rings. The molecule has 8 aromatic carbocycles. The van der Waals surface area contributed by atoms with E-state index in [9.17, 15) is 21.9 Å². The van der Waals surface area contributed by atoms with E-state index in [1.165, 1.54) is 95.6 Å². The number of phenolic OH excluding ortho intramolecular Hbond substituents is 1. The average Bonchev–Trinajstić information content (AvgIpc) is 0.809. The van der Waals surface area contributed by atoms with Gasteiger partial charge in [0.25, 0.3) is 20.2 Å². The molecule has 10 rings (SSSR count). The van der Waals surface area contributed by atoms with E-state index in [0.29, 0.717) is 5.39 Å². The molecule has 0 amide bonds. The fourth-order valence-corrected chi connectivity index (χ4v) is 13.0. The molecule has 0 radical (unpaired) electrons. The van der Waals surface area contributed by atoms with Crippen molar-refractivity contribution >= 4 is 87.5 Å². The fourth-order valence-electron chi connectivity index (χ4n) is 11.9. The van der Waals surface area contributed by atoms with Gasteiger partial charge in [-0.25, -0.2) is 0 Å². The highest BCUT2D eigenvalue weighted by molar-refractivity contribution is 7.86. The summed E-state index contributed by atoms with van der Waals surface area (Å²) in [4.78, 5) is 17.9. The summed E-state index contributed by atoms with van der Waals surface area (Å²) in [6.45, 7) is 31.5. The summed E-state index contributed by atoms with van der Waals surface area (Å²) in [6, 6.07) is 59.0. The Morgan fingerprint density at radius 2 is 0.681 bits per heavy atom. The molecule has 0 unspecified atom stereocenters. The van der Waals surface area contributed by atoms with Gasteiger partial charge in [0.15, 0.2) is 0 Å². The molecule has 0 atom stereocenters. The molecule has 0 aliphatic heterocycles. The minimum absolute atomic E-state index is 0.126. The number of phenols is 1. The number of aliphatic imine (C=N–C) groups is 2. The molecule has 2 aliphatic rings. The minimum Gasteiger partial charge on any atom is -0.506 e. The minimum atomic E-state index is -4.64. The van der Waals surface area contributed by atoms with Crippen LogP contribution < -0.4 is 19.6 Å². The molecule has 91 heavy (non-hydrogen) atoms. The van der Waals surface area contributed by atoms with Crippen LogP contribution in [0.5, 0.6) is 5.75 Å². The van der Waals surface area contributed by atoms with E-state index in [1.54, 1.807) is 0 Å². The number of anilines is 4. The molecular formula is C76H86N6O7S2. The lowest BCUT2D eigenvalue weighted by atomic mass is 9.83. The van der Waals surface area contributed by atoms with Crippen molar-refractivity contribution in [1.82, 2.24) is 0 Å². The first-order chi connectivity index (χ1) is 43.9. The van der Waals surface area contributed by atoms with Crippen molar-refractivity contribution in [3.05, 3.63) is 245 Å². The average molecular weight is 1260 g/mol. The number of hydrogen-bond donors (Lipinski definition) is 3. The van der Waals surface area contributed by atoms with Crippen molar-refractivity contribution in [2.75, 3.05) is 85.0 Å². The predicted molar refractivity (Wildman–Crippen MR) is 382 cm³/mol. The van der Waals surface area contributed by atoms with Crippen LogP contribution in [0.3, 0.4) is 0 Å². The van der Waals surface area contributed by atoms with Crippen LogP contribution in [0.2, 0.25) is 0 Å². The van der Waals surface area contributed by atoms with Crippen LogP contribution in [0.25, 0.3) is 33.1 Å². The Labute approximate surface area is 540 Å². The van der Waals surface area contributed by atoms with Crippen LogP contribution in [0.15, 0.2) is 220 Å². The number of hydrogen-bond acceptors (Lipinski definition) is 11. The molecule has 2 aliphatic carbocycles. The van der Waals surface area contributed by atoms with E-state index in [2.05, 4.69) is 259 Å². The first kappa shape index (κ1) is 68.1. The van der Waals surface area contributed by atoms with Crippen molar-refractivity contribution in [3.63, 3.8) is 0 Å². The number of allylic oxidation sites excluding steroid dienone is 6. The molecule has 13 nitrogen and oxygen atoms in total. The zero-order valence-corrected chi connectivity index (χ0v) is 55.7. The number of nitrogens with zero attached hydrogens (tertiary/aromatic N) is 6. The Morgan fingerprint density at radius 1 is 0.363 bits per heavy atom. The normalized spacial score (nSPS) is 13.4. The van der Waals surface area contributed by atoms with Crippen LogP contribution in [0.1, 0.15) is 114 Å². The summed E-state index contributed by atoms with van der Waals surface area (Å²) in [7, 11) is -9.06. The Balaban J connectivity index is 0.000000185. The highest BCUT2D eigenvalue weighted by atomic mass is 32.2. The summed E-state index contributed by atoms with van der Waals surface area (Å²) in [5.41, 5.74) is 22.0. The van der Waals surface area contributed by atoms with Crippen LogP contribution in [-0.4, -0.2) is 108 Å². The van der Waals surface area contributed by atoms with Gasteiger partial charge in [0.2, 0.25) is 0 Å². The smallest absolute Gasteiger partial charge is 0.298 e. The highest BCUT2D eigenvalue weighted by Gasteiger charge is 2.24. The zero-order chi connectivity index (χ0) is 65.4. The summed E-state index contributed by atoms with van der Waals surface area (Å²) in [6.07, 6.45) is 8.86. The third-order valence-corrected chi connectivity index (χ3v) is 18.3. The molecule has 0 saturated heterocycles. The van der Waals surface area contributed by atoms with E-state index in [1.807, 2.05) is 0 Å². The van der Waals surface area contributed by atoms with Gasteiger partial charge in [-0.05, 0) is 221 Å². The van der Waals surface area contributed by atoms with Crippen molar-refractivity contribution in [1.29, 1.82) is 0 Å². The van der Waals surface area contributed by atoms with Gasteiger partial charge in [-0.2, -0.15) is 16.8 Å². The Kier molecular flexibility index (Phi) is 23.4. The van der Waals surface area contributed by atoms with Crippen molar-refractivity contribution in [2.45, 2.75) is 79.0 Å². The fraction of sp³-hybridized carbons (Fsp3) is 0.263. The second-order valence-corrected chi connectivity index (χ2v) is 24.5. The van der Waals surface area contributed by atoms with Crippen LogP contribution >= 0.6 is 0 Å². The maximum absolute atomic E-state index is 11.0. The van der Waals surface area contributed by atoms with Gasteiger partial charge in [0.05, 0.1) is 16.3 Å². The zero-order valence-electron chi connectivity index (χ0n) is 54.1. The third-order valence-electron chi connectivity index (χ3n) is 16.6. The Bertz CT molecular complexity index is 3920. The third kappa shape index (κ3) is 16.0. The number of rotatable bonds is 20. The van der Waals surface area contributed by atoms with Gasteiger partial charge in [-0.15, -0.1) is 0 Å². The van der Waals surface area contributed by atoms with Gasteiger partial charge in [-0.1, -0.05) is 115 Å². The van der Waals surface area contributed by atoms with Crippen molar-refractivity contribution in [3.8, 4) is 5.75 Å². The van der Waals surface area contributed by atoms with Gasteiger partial charge < -0.3 is 24.7 Å². The van der Waals surface area contributed by atoms with Gasteiger partial charge in [0, 0.05) is 99.3 Å². The maximum Gasteiger partial charge on any atom is 0.298 e. The van der Waals surface area contributed by atoms with Gasteiger partial charge in [0.1, 0.15) is 10.6 Å².